The van der Waals surface area contributed by atoms with Gasteiger partial charge in [-0.1, -0.05) is 152 Å². The van der Waals surface area contributed by atoms with E-state index in [1.165, 1.54) is 58.1 Å². The van der Waals surface area contributed by atoms with Gasteiger partial charge < -0.3 is 0 Å². The van der Waals surface area contributed by atoms with Crippen LogP contribution in [0, 0.1) is 0 Å². The minimum Gasteiger partial charge on any atom is -0.276 e. The molecule has 11 rings (SSSR count). The number of nitrogens with zero attached hydrogens (tertiary/aromatic N) is 4. The van der Waals surface area contributed by atoms with Crippen molar-refractivity contribution < 1.29 is 0 Å². The Kier molecular flexibility index (Phi) is 6.39. The summed E-state index contributed by atoms with van der Waals surface area (Å²) in [7, 11) is 0. The van der Waals surface area contributed by atoms with Gasteiger partial charge in [-0.15, -0.1) is 11.3 Å². The summed E-state index contributed by atoms with van der Waals surface area (Å²) in [6.07, 6.45) is 0. The number of para-hydroxylation sites is 1. The van der Waals surface area contributed by atoms with Crippen molar-refractivity contribution in [2.24, 2.45) is 0 Å². The van der Waals surface area contributed by atoms with Crippen molar-refractivity contribution in [3.05, 3.63) is 170 Å². The molecule has 0 amide bonds. The largest absolute Gasteiger partial charge is 0.276 e. The summed E-state index contributed by atoms with van der Waals surface area (Å²) < 4.78 is 4.77. The quantitative estimate of drug-likeness (QED) is 0.186. The van der Waals surface area contributed by atoms with Crippen LogP contribution in [0.2, 0.25) is 0 Å². The fraction of sp³-hybridized carbons (Fsp3) is 0. The van der Waals surface area contributed by atoms with E-state index in [9.17, 15) is 0 Å². The molecule has 4 nitrogen and oxygen atoms in total. The zero-order valence-corrected chi connectivity index (χ0v) is 28.7. The number of aromatic nitrogens is 4. The highest BCUT2D eigenvalue weighted by atomic mass is 32.1. The molecule has 8 aromatic carbocycles. The second-order valence-corrected chi connectivity index (χ2v) is 14.3. The molecule has 0 fully saturated rings. The molecular weight excluding hydrogens is 653 g/mol. The monoisotopic (exact) mass is 680 g/mol. The third-order valence-corrected chi connectivity index (χ3v) is 11.4. The van der Waals surface area contributed by atoms with Crippen LogP contribution in [0.3, 0.4) is 0 Å². The molecule has 11 aromatic rings. The second-order valence-electron chi connectivity index (χ2n) is 13.2. The summed E-state index contributed by atoms with van der Waals surface area (Å²) in [5.41, 5.74) is 6.39. The van der Waals surface area contributed by atoms with Crippen molar-refractivity contribution in [2.45, 2.75) is 0 Å². The van der Waals surface area contributed by atoms with E-state index < -0.39 is 0 Å². The van der Waals surface area contributed by atoms with E-state index >= 15 is 0 Å². The number of rotatable bonds is 4. The molecule has 0 saturated carbocycles. The van der Waals surface area contributed by atoms with Gasteiger partial charge in [-0.25, -0.2) is 4.98 Å². The van der Waals surface area contributed by atoms with Crippen molar-refractivity contribution >= 4 is 74.9 Å². The van der Waals surface area contributed by atoms with Gasteiger partial charge in [0, 0.05) is 37.4 Å². The molecule has 0 unspecified atom stereocenters. The standard InChI is InChI=1S/C47H28N4S/c1-2-13-31(14-3-1)45-48-46(32-25-22-30(23-26-32)34-27-24-29-12-4-5-15-33(29)28-34)50-47(49-45)51-39-20-10-8-18-37(39)41-35-16-6-7-17-36(35)42-38-19-9-11-21-40(38)52-44(42)43(41)51/h1-28H. The molecule has 0 spiro atoms. The summed E-state index contributed by atoms with van der Waals surface area (Å²) >= 11 is 1.84. The van der Waals surface area contributed by atoms with Crippen LogP contribution in [-0.2, 0) is 0 Å². The molecule has 3 aromatic heterocycles. The molecule has 0 aliphatic carbocycles. The highest BCUT2D eigenvalue weighted by molar-refractivity contribution is 7.27. The van der Waals surface area contributed by atoms with Crippen molar-refractivity contribution in [1.82, 2.24) is 19.5 Å². The van der Waals surface area contributed by atoms with Crippen LogP contribution in [0.15, 0.2) is 170 Å². The van der Waals surface area contributed by atoms with Crippen LogP contribution >= 0.6 is 11.3 Å². The van der Waals surface area contributed by atoms with Gasteiger partial charge in [0.2, 0.25) is 5.95 Å². The first-order valence-corrected chi connectivity index (χ1v) is 18.3. The molecule has 0 N–H and O–H groups in total. The summed E-state index contributed by atoms with van der Waals surface area (Å²) in [6.45, 7) is 0. The van der Waals surface area contributed by atoms with E-state index in [1.54, 1.807) is 0 Å². The normalized spacial score (nSPS) is 11.8. The van der Waals surface area contributed by atoms with Gasteiger partial charge in [-0.2, -0.15) is 9.97 Å². The molecule has 5 heteroatoms. The Balaban J connectivity index is 1.19. The molecule has 242 valence electrons. The molecule has 0 bridgehead atoms. The number of thiophene rings is 1. The summed E-state index contributed by atoms with van der Waals surface area (Å²) in [5, 5.41) is 9.89. The summed E-state index contributed by atoms with van der Waals surface area (Å²) in [4.78, 5) is 15.7. The van der Waals surface area contributed by atoms with Gasteiger partial charge in [0.1, 0.15) is 0 Å². The molecule has 3 heterocycles. The molecule has 0 atom stereocenters. The van der Waals surface area contributed by atoms with E-state index in [0.717, 1.165) is 27.7 Å². The average Bonchev–Trinajstić information content (AvgIpc) is 3.78. The second kappa shape index (κ2) is 11.4. The van der Waals surface area contributed by atoms with Crippen molar-refractivity contribution in [3.8, 4) is 39.9 Å². The maximum absolute atomic E-state index is 5.30. The number of benzene rings is 8. The lowest BCUT2D eigenvalue weighted by Crippen LogP contribution is -2.06. The van der Waals surface area contributed by atoms with Gasteiger partial charge in [0.15, 0.2) is 11.6 Å². The highest BCUT2D eigenvalue weighted by Crippen LogP contribution is 2.47. The zero-order chi connectivity index (χ0) is 34.2. The fourth-order valence-electron chi connectivity index (χ4n) is 7.82. The Labute approximate surface area is 302 Å². The number of hydrogen-bond acceptors (Lipinski definition) is 4. The smallest absolute Gasteiger partial charge is 0.238 e. The first-order chi connectivity index (χ1) is 25.8. The summed E-state index contributed by atoms with van der Waals surface area (Å²) in [6, 6.07) is 60.1. The predicted molar refractivity (Wildman–Crippen MR) is 218 cm³/mol. The van der Waals surface area contributed by atoms with E-state index in [1.807, 2.05) is 29.5 Å². The van der Waals surface area contributed by atoms with Crippen LogP contribution in [0.4, 0.5) is 0 Å². The maximum Gasteiger partial charge on any atom is 0.238 e. The van der Waals surface area contributed by atoms with Gasteiger partial charge in [-0.3, -0.25) is 4.57 Å². The van der Waals surface area contributed by atoms with Crippen molar-refractivity contribution in [3.63, 3.8) is 0 Å². The van der Waals surface area contributed by atoms with E-state index in [2.05, 4.69) is 156 Å². The van der Waals surface area contributed by atoms with Gasteiger partial charge in [0.25, 0.3) is 0 Å². The molecule has 0 aliphatic rings. The van der Waals surface area contributed by atoms with Crippen LogP contribution in [-0.4, -0.2) is 19.5 Å². The SMILES string of the molecule is c1ccc(-c2nc(-c3ccc(-c4ccc5ccccc5c4)cc3)nc(-n3c4ccccc4c4c5ccccc5c5c6ccccc6sc5c43)n2)cc1. The minimum atomic E-state index is 0.600. The van der Waals surface area contributed by atoms with E-state index in [0.29, 0.717) is 17.6 Å². The number of fused-ring (bicyclic) bond motifs is 11. The zero-order valence-electron chi connectivity index (χ0n) is 27.9. The predicted octanol–water partition coefficient (Wildman–Crippen LogP) is 12.6. The lowest BCUT2D eigenvalue weighted by molar-refractivity contribution is 0.955. The summed E-state index contributed by atoms with van der Waals surface area (Å²) in [5.74, 6) is 1.87. The Morgan fingerprint density at radius 2 is 0.981 bits per heavy atom. The Hall–Kier alpha value is -6.69. The molecule has 52 heavy (non-hydrogen) atoms. The van der Waals surface area contributed by atoms with Crippen LogP contribution in [0.1, 0.15) is 0 Å². The lowest BCUT2D eigenvalue weighted by atomic mass is 9.99. The van der Waals surface area contributed by atoms with Gasteiger partial charge >= 0.3 is 0 Å². The Bertz CT molecular complexity index is 3180. The van der Waals surface area contributed by atoms with Crippen molar-refractivity contribution in [1.29, 1.82) is 0 Å². The van der Waals surface area contributed by atoms with Crippen LogP contribution in [0.25, 0.3) is 103 Å². The highest BCUT2D eigenvalue weighted by Gasteiger charge is 2.23. The molecule has 0 aliphatic heterocycles. The minimum absolute atomic E-state index is 0.600. The van der Waals surface area contributed by atoms with Gasteiger partial charge in [-0.05, 0) is 50.9 Å². The topological polar surface area (TPSA) is 43.6 Å². The first kappa shape index (κ1) is 29.1. The average molecular weight is 681 g/mol. The maximum atomic E-state index is 5.30. The third kappa shape index (κ3) is 4.43. The van der Waals surface area contributed by atoms with E-state index in [-0.39, 0.29) is 0 Å². The fourth-order valence-corrected chi connectivity index (χ4v) is 9.08. The third-order valence-electron chi connectivity index (χ3n) is 10.2. The van der Waals surface area contributed by atoms with Crippen LogP contribution in [0.5, 0.6) is 0 Å². The Morgan fingerprint density at radius 3 is 1.77 bits per heavy atom. The van der Waals surface area contributed by atoms with Crippen LogP contribution < -0.4 is 0 Å². The number of hydrogen-bond donors (Lipinski definition) is 0. The lowest BCUT2D eigenvalue weighted by Gasteiger charge is -2.12. The van der Waals surface area contributed by atoms with Gasteiger partial charge in [0.05, 0.1) is 15.7 Å². The molecule has 0 radical (unpaired) electrons. The Morgan fingerprint density at radius 1 is 0.404 bits per heavy atom. The molecular formula is C47H28N4S. The molecule has 0 saturated heterocycles. The first-order valence-electron chi connectivity index (χ1n) is 17.5. The van der Waals surface area contributed by atoms with Crippen molar-refractivity contribution in [2.75, 3.05) is 0 Å². The van der Waals surface area contributed by atoms with E-state index in [4.69, 9.17) is 15.0 Å².